The van der Waals surface area contributed by atoms with E-state index in [0.717, 1.165) is 17.5 Å². The molecule has 2 aromatic rings. The zero-order valence-electron chi connectivity index (χ0n) is 16.1. The van der Waals surface area contributed by atoms with Gasteiger partial charge in [0.15, 0.2) is 5.96 Å². The van der Waals surface area contributed by atoms with Gasteiger partial charge in [-0.3, -0.25) is 9.79 Å². The fourth-order valence-corrected chi connectivity index (χ4v) is 2.75. The van der Waals surface area contributed by atoms with Crippen molar-refractivity contribution in [2.24, 2.45) is 4.99 Å². The Hall–Kier alpha value is -1.68. The lowest BCUT2D eigenvalue weighted by atomic mass is 10.1. The summed E-state index contributed by atoms with van der Waals surface area (Å²) in [7, 11) is 5.17. The summed E-state index contributed by atoms with van der Waals surface area (Å²) in [6, 6.07) is 12.6. The number of benzene rings is 2. The summed E-state index contributed by atoms with van der Waals surface area (Å²) in [6.07, 6.45) is 0.752. The van der Waals surface area contributed by atoms with Crippen LogP contribution in [0.5, 0.6) is 0 Å². The third kappa shape index (κ3) is 7.38. The Morgan fingerprint density at radius 1 is 1.14 bits per heavy atom. The first kappa shape index (κ1) is 24.4. The lowest BCUT2D eigenvalue weighted by Gasteiger charge is -2.13. The maximum absolute atomic E-state index is 13.6. The number of halogens is 3. The van der Waals surface area contributed by atoms with Gasteiger partial charge in [-0.25, -0.2) is 4.39 Å². The molecule has 2 aromatic carbocycles. The van der Waals surface area contributed by atoms with E-state index in [2.05, 4.69) is 31.6 Å². The minimum absolute atomic E-state index is 0. The normalized spacial score (nSPS) is 10.8. The van der Waals surface area contributed by atoms with Crippen molar-refractivity contribution in [3.05, 3.63) is 69.4 Å². The third-order valence-electron chi connectivity index (χ3n) is 3.95. The van der Waals surface area contributed by atoms with E-state index in [9.17, 15) is 9.18 Å². The summed E-state index contributed by atoms with van der Waals surface area (Å²) in [5.41, 5.74) is 2.58. The van der Waals surface area contributed by atoms with Crippen molar-refractivity contribution in [1.82, 2.24) is 15.5 Å². The standard InChI is InChI=1S/C20H24BrFN4O.HI/c1-23-20(25-13-15-7-8-17(21)18(22)12-15)24-10-9-14-5-4-6-16(11-14)19(27)26(2)3;/h4-8,11-12H,9-10,13H2,1-3H3,(H2,23,24,25);1H. The number of guanidine groups is 1. The quantitative estimate of drug-likeness (QED) is 0.320. The summed E-state index contributed by atoms with van der Waals surface area (Å²) >= 11 is 3.15. The number of nitrogens with zero attached hydrogens (tertiary/aromatic N) is 2. The number of aliphatic imine (C=N–C) groups is 1. The summed E-state index contributed by atoms with van der Waals surface area (Å²) in [6.45, 7) is 1.13. The molecule has 0 unspecified atom stereocenters. The van der Waals surface area contributed by atoms with Gasteiger partial charge in [-0.1, -0.05) is 18.2 Å². The molecule has 0 saturated carbocycles. The van der Waals surface area contributed by atoms with Crippen molar-refractivity contribution >= 4 is 51.8 Å². The number of hydrogen-bond donors (Lipinski definition) is 2. The molecule has 0 saturated heterocycles. The van der Waals surface area contributed by atoms with Gasteiger partial charge in [-0.05, 0) is 57.7 Å². The monoisotopic (exact) mass is 562 g/mol. The van der Waals surface area contributed by atoms with Crippen LogP contribution in [0.4, 0.5) is 4.39 Å². The van der Waals surface area contributed by atoms with E-state index in [-0.39, 0.29) is 35.7 Å². The van der Waals surface area contributed by atoms with Crippen LogP contribution in [0.1, 0.15) is 21.5 Å². The van der Waals surface area contributed by atoms with Crippen molar-refractivity contribution in [3.8, 4) is 0 Å². The highest BCUT2D eigenvalue weighted by Crippen LogP contribution is 2.16. The molecule has 0 fully saturated rings. The van der Waals surface area contributed by atoms with Crippen LogP contribution >= 0.6 is 39.9 Å². The number of rotatable bonds is 6. The zero-order valence-corrected chi connectivity index (χ0v) is 20.0. The molecule has 8 heteroatoms. The van der Waals surface area contributed by atoms with Gasteiger partial charge in [0.05, 0.1) is 4.47 Å². The van der Waals surface area contributed by atoms with E-state index in [4.69, 9.17) is 0 Å². The molecule has 0 bridgehead atoms. The Balaban J connectivity index is 0.00000392. The predicted octanol–water partition coefficient (Wildman–Crippen LogP) is 3.82. The molecule has 0 aliphatic rings. The molecule has 1 amide bonds. The van der Waals surface area contributed by atoms with Crippen molar-refractivity contribution in [1.29, 1.82) is 0 Å². The second kappa shape index (κ2) is 12.0. The number of hydrogen-bond acceptors (Lipinski definition) is 2. The smallest absolute Gasteiger partial charge is 0.253 e. The summed E-state index contributed by atoms with van der Waals surface area (Å²) in [5.74, 6) is 0.340. The van der Waals surface area contributed by atoms with Gasteiger partial charge in [0.1, 0.15) is 5.82 Å². The molecule has 2 rings (SSSR count). The molecule has 0 spiro atoms. The molecule has 0 aliphatic carbocycles. The highest BCUT2D eigenvalue weighted by atomic mass is 127. The van der Waals surface area contributed by atoms with Gasteiger partial charge in [0.25, 0.3) is 5.91 Å². The third-order valence-corrected chi connectivity index (χ3v) is 4.60. The van der Waals surface area contributed by atoms with Crippen LogP contribution in [-0.2, 0) is 13.0 Å². The Morgan fingerprint density at radius 3 is 2.54 bits per heavy atom. The second-order valence-corrected chi connectivity index (χ2v) is 7.11. The molecule has 5 nitrogen and oxygen atoms in total. The maximum atomic E-state index is 13.6. The topological polar surface area (TPSA) is 56.7 Å². The lowest BCUT2D eigenvalue weighted by Crippen LogP contribution is -2.37. The van der Waals surface area contributed by atoms with Crippen LogP contribution in [0.15, 0.2) is 51.9 Å². The molecule has 152 valence electrons. The molecular formula is C20H25BrFIN4O. The summed E-state index contributed by atoms with van der Waals surface area (Å²) in [4.78, 5) is 17.8. The molecule has 0 aliphatic heterocycles. The van der Waals surface area contributed by atoms with Crippen molar-refractivity contribution < 1.29 is 9.18 Å². The van der Waals surface area contributed by atoms with Crippen LogP contribution in [0.3, 0.4) is 0 Å². The fourth-order valence-electron chi connectivity index (χ4n) is 2.50. The van der Waals surface area contributed by atoms with E-state index in [1.165, 1.54) is 6.07 Å². The Labute approximate surface area is 191 Å². The molecule has 28 heavy (non-hydrogen) atoms. The van der Waals surface area contributed by atoms with Gasteiger partial charge in [0, 0.05) is 39.8 Å². The summed E-state index contributed by atoms with van der Waals surface area (Å²) < 4.78 is 14.0. The maximum Gasteiger partial charge on any atom is 0.253 e. The number of amides is 1. The van der Waals surface area contributed by atoms with Gasteiger partial charge in [-0.2, -0.15) is 0 Å². The van der Waals surface area contributed by atoms with Gasteiger partial charge in [-0.15, -0.1) is 24.0 Å². The van der Waals surface area contributed by atoms with Crippen molar-refractivity contribution in [3.63, 3.8) is 0 Å². The average molecular weight is 563 g/mol. The first-order valence-corrected chi connectivity index (χ1v) is 9.39. The van der Waals surface area contributed by atoms with Crippen LogP contribution < -0.4 is 10.6 Å². The van der Waals surface area contributed by atoms with Crippen LogP contribution in [0, 0.1) is 5.82 Å². The molecule has 0 atom stereocenters. The molecule has 0 heterocycles. The predicted molar refractivity (Wildman–Crippen MR) is 126 cm³/mol. The number of nitrogens with one attached hydrogen (secondary N) is 2. The molecule has 0 aromatic heterocycles. The SMILES string of the molecule is CN=C(NCCc1cccc(C(=O)N(C)C)c1)NCc1ccc(Br)c(F)c1.I. The second-order valence-electron chi connectivity index (χ2n) is 6.25. The van der Waals surface area contributed by atoms with E-state index in [1.807, 2.05) is 30.3 Å². The molecular weight excluding hydrogens is 538 g/mol. The van der Waals surface area contributed by atoms with Gasteiger partial charge >= 0.3 is 0 Å². The Morgan fingerprint density at radius 2 is 1.89 bits per heavy atom. The minimum atomic E-state index is -0.288. The van der Waals surface area contributed by atoms with Crippen LogP contribution in [-0.4, -0.2) is 44.5 Å². The number of carbonyl (C=O) groups is 1. The van der Waals surface area contributed by atoms with E-state index in [0.29, 0.717) is 29.1 Å². The first-order chi connectivity index (χ1) is 12.9. The number of carbonyl (C=O) groups excluding carboxylic acids is 1. The Bertz CT molecular complexity index is 830. The minimum Gasteiger partial charge on any atom is -0.356 e. The lowest BCUT2D eigenvalue weighted by molar-refractivity contribution is 0.0827. The Kier molecular flexibility index (Phi) is 10.4. The summed E-state index contributed by atoms with van der Waals surface area (Å²) in [5, 5.41) is 6.39. The van der Waals surface area contributed by atoms with E-state index < -0.39 is 0 Å². The van der Waals surface area contributed by atoms with Crippen molar-refractivity contribution in [2.45, 2.75) is 13.0 Å². The van der Waals surface area contributed by atoms with Crippen molar-refractivity contribution in [2.75, 3.05) is 27.7 Å². The molecule has 0 radical (unpaired) electrons. The largest absolute Gasteiger partial charge is 0.356 e. The van der Waals surface area contributed by atoms with E-state index >= 15 is 0 Å². The first-order valence-electron chi connectivity index (χ1n) is 8.59. The van der Waals surface area contributed by atoms with Crippen LogP contribution in [0.2, 0.25) is 0 Å². The average Bonchev–Trinajstić information content (AvgIpc) is 2.66. The highest BCUT2D eigenvalue weighted by molar-refractivity contribution is 14.0. The zero-order chi connectivity index (χ0) is 19.8. The van der Waals surface area contributed by atoms with Gasteiger partial charge in [0.2, 0.25) is 0 Å². The fraction of sp³-hybridized carbons (Fsp3) is 0.300. The highest BCUT2D eigenvalue weighted by Gasteiger charge is 2.08. The van der Waals surface area contributed by atoms with E-state index in [1.54, 1.807) is 32.1 Å². The van der Waals surface area contributed by atoms with Gasteiger partial charge < -0.3 is 15.5 Å². The van der Waals surface area contributed by atoms with Crippen LogP contribution in [0.25, 0.3) is 0 Å². The molecule has 2 N–H and O–H groups in total.